The summed E-state index contributed by atoms with van der Waals surface area (Å²) in [4.78, 5) is 28.1. The minimum absolute atomic E-state index is 0.342. The zero-order chi connectivity index (χ0) is 19.1. The van der Waals surface area contributed by atoms with Gasteiger partial charge in [-0.25, -0.2) is 0 Å². The Hall–Kier alpha value is -3.38. The number of nitrogens with zero attached hydrogens (tertiary/aromatic N) is 1. The molecule has 1 aliphatic heterocycles. The van der Waals surface area contributed by atoms with Gasteiger partial charge in [-0.2, -0.15) is 0 Å². The van der Waals surface area contributed by atoms with Gasteiger partial charge in [0.15, 0.2) is 0 Å². The van der Waals surface area contributed by atoms with Crippen LogP contribution in [0.5, 0.6) is 0 Å². The van der Waals surface area contributed by atoms with E-state index in [-0.39, 0.29) is 11.1 Å². The molecule has 2 amide bonds. The maximum Gasteiger partial charge on any atom is 0.290 e. The molecule has 5 rings (SSSR count). The zero-order valence-electron chi connectivity index (χ0n) is 14.6. The fraction of sp³-hybridized carbons (Fsp3) is 0.0455. The lowest BCUT2D eigenvalue weighted by molar-refractivity contribution is -0.115. The lowest BCUT2D eigenvalue weighted by Gasteiger charge is -2.00. The van der Waals surface area contributed by atoms with Crippen LogP contribution in [0.2, 0.25) is 0 Å². The van der Waals surface area contributed by atoms with Gasteiger partial charge in [0.05, 0.1) is 10.4 Å². The molecule has 1 saturated heterocycles. The predicted molar refractivity (Wildman–Crippen MR) is 110 cm³/mol. The van der Waals surface area contributed by atoms with Crippen molar-refractivity contribution in [3.8, 4) is 0 Å². The molecule has 1 fully saturated rings. The number of hydrogen-bond donors (Lipinski definition) is 1. The summed E-state index contributed by atoms with van der Waals surface area (Å²) in [6.45, 7) is 0. The third kappa shape index (κ3) is 3.18. The van der Waals surface area contributed by atoms with E-state index in [1.54, 1.807) is 6.08 Å². The molecule has 5 nitrogen and oxygen atoms in total. The van der Waals surface area contributed by atoms with E-state index in [1.165, 1.54) is 0 Å². The molecule has 28 heavy (non-hydrogen) atoms. The van der Waals surface area contributed by atoms with E-state index >= 15 is 0 Å². The Balaban J connectivity index is 1.44. The van der Waals surface area contributed by atoms with Gasteiger partial charge in [0.25, 0.3) is 11.1 Å². The Bertz CT molecular complexity index is 1290. The molecule has 0 bridgehead atoms. The number of para-hydroxylation sites is 1. The molecular weight excluding hydrogens is 372 g/mol. The molecule has 0 aliphatic carbocycles. The summed E-state index contributed by atoms with van der Waals surface area (Å²) in [5, 5.41) is 3.97. The highest BCUT2D eigenvalue weighted by Crippen LogP contribution is 2.28. The van der Waals surface area contributed by atoms with E-state index in [9.17, 15) is 9.59 Å². The molecule has 0 radical (unpaired) electrons. The smallest absolute Gasteiger partial charge is 0.290 e. The molecule has 2 aromatic carbocycles. The van der Waals surface area contributed by atoms with Crippen LogP contribution >= 0.6 is 11.8 Å². The van der Waals surface area contributed by atoms with E-state index < -0.39 is 0 Å². The number of pyridine rings is 1. The number of aromatic nitrogens is 1. The molecule has 0 unspecified atom stereocenters. The number of carbonyl (C=O) groups excluding carboxylic acids is 2. The van der Waals surface area contributed by atoms with Crippen LogP contribution in [0.1, 0.15) is 17.0 Å². The first-order chi connectivity index (χ1) is 13.6. The summed E-state index contributed by atoms with van der Waals surface area (Å²) < 4.78 is 5.95. The molecular formula is C22H14N2O3S. The van der Waals surface area contributed by atoms with E-state index in [2.05, 4.69) is 11.4 Å². The van der Waals surface area contributed by atoms with Crippen molar-refractivity contribution in [2.75, 3.05) is 0 Å². The highest BCUT2D eigenvalue weighted by Gasteiger charge is 2.24. The first-order valence-corrected chi connectivity index (χ1v) is 9.58. The Morgan fingerprint density at radius 3 is 2.75 bits per heavy atom. The van der Waals surface area contributed by atoms with Gasteiger partial charge in [0, 0.05) is 22.9 Å². The van der Waals surface area contributed by atoms with Crippen LogP contribution in [0.4, 0.5) is 4.79 Å². The van der Waals surface area contributed by atoms with Crippen LogP contribution in [-0.2, 0) is 11.2 Å². The normalized spacial score (nSPS) is 15.6. The van der Waals surface area contributed by atoms with Gasteiger partial charge < -0.3 is 4.42 Å². The first-order valence-electron chi connectivity index (χ1n) is 8.76. The van der Waals surface area contributed by atoms with Crippen molar-refractivity contribution < 1.29 is 14.0 Å². The minimum atomic E-state index is -0.356. The van der Waals surface area contributed by atoms with Crippen molar-refractivity contribution in [1.82, 2.24) is 10.3 Å². The third-order valence-corrected chi connectivity index (χ3v) is 5.35. The van der Waals surface area contributed by atoms with Gasteiger partial charge in [-0.1, -0.05) is 30.3 Å². The van der Waals surface area contributed by atoms with Crippen molar-refractivity contribution in [3.63, 3.8) is 0 Å². The molecule has 1 N–H and O–H groups in total. The monoisotopic (exact) mass is 386 g/mol. The largest absolute Gasteiger partial charge is 0.461 e. The van der Waals surface area contributed by atoms with Gasteiger partial charge in [-0.15, -0.1) is 0 Å². The number of amides is 2. The number of carbonyl (C=O) groups is 2. The number of rotatable bonds is 3. The van der Waals surface area contributed by atoms with Crippen molar-refractivity contribution in [3.05, 3.63) is 82.6 Å². The van der Waals surface area contributed by atoms with Gasteiger partial charge in [0.2, 0.25) is 0 Å². The van der Waals surface area contributed by atoms with Crippen LogP contribution in [0.3, 0.4) is 0 Å². The Morgan fingerprint density at radius 1 is 1.00 bits per heavy atom. The zero-order valence-corrected chi connectivity index (χ0v) is 15.5. The second-order valence-corrected chi connectivity index (χ2v) is 7.55. The number of imide groups is 1. The van der Waals surface area contributed by atoms with Crippen molar-refractivity contribution >= 4 is 50.9 Å². The lowest BCUT2D eigenvalue weighted by atomic mass is 10.1. The van der Waals surface area contributed by atoms with Crippen LogP contribution in [0, 0.1) is 0 Å². The molecule has 3 heterocycles. The molecule has 0 atom stereocenters. The van der Waals surface area contributed by atoms with Gasteiger partial charge >= 0.3 is 0 Å². The molecule has 136 valence electrons. The van der Waals surface area contributed by atoms with Gasteiger partial charge in [-0.05, 0) is 53.7 Å². The van der Waals surface area contributed by atoms with Crippen LogP contribution in [0.15, 0.2) is 70.0 Å². The quantitative estimate of drug-likeness (QED) is 0.507. The van der Waals surface area contributed by atoms with Gasteiger partial charge in [-0.3, -0.25) is 19.9 Å². The van der Waals surface area contributed by atoms with Crippen molar-refractivity contribution in [1.29, 1.82) is 0 Å². The lowest BCUT2D eigenvalue weighted by Crippen LogP contribution is -2.17. The molecule has 0 spiro atoms. The number of nitrogens with one attached hydrogen (secondary N) is 1. The molecule has 0 saturated carbocycles. The van der Waals surface area contributed by atoms with Gasteiger partial charge in [0.1, 0.15) is 11.3 Å². The van der Waals surface area contributed by atoms with Crippen molar-refractivity contribution in [2.45, 2.75) is 6.42 Å². The standard InChI is InChI=1S/C22H14N2O3S/c25-21-20(28-22(26)24-21)10-13-5-8-19-15(9-13)11-17(27-19)12-16-7-6-14-3-1-2-4-18(14)23-16/h1-11H,12H2,(H,24,25,26). The Kier molecular flexibility index (Phi) is 3.98. The third-order valence-electron chi connectivity index (χ3n) is 4.54. The molecule has 2 aromatic heterocycles. The van der Waals surface area contributed by atoms with Crippen LogP contribution in [0.25, 0.3) is 27.9 Å². The fourth-order valence-electron chi connectivity index (χ4n) is 3.25. The summed E-state index contributed by atoms with van der Waals surface area (Å²) in [7, 11) is 0. The number of benzene rings is 2. The molecule has 6 heteroatoms. The van der Waals surface area contributed by atoms with Crippen LogP contribution < -0.4 is 5.32 Å². The Labute approximate surface area is 164 Å². The summed E-state index contributed by atoms with van der Waals surface area (Å²) in [6.07, 6.45) is 2.31. The second-order valence-electron chi connectivity index (χ2n) is 6.53. The van der Waals surface area contributed by atoms with E-state index in [4.69, 9.17) is 9.40 Å². The van der Waals surface area contributed by atoms with E-state index in [1.807, 2.05) is 54.6 Å². The fourth-order valence-corrected chi connectivity index (χ4v) is 3.93. The first kappa shape index (κ1) is 16.8. The van der Waals surface area contributed by atoms with E-state index in [0.717, 1.165) is 50.7 Å². The number of fused-ring (bicyclic) bond motifs is 2. The summed E-state index contributed by atoms with van der Waals surface area (Å²) in [5.41, 5.74) is 3.53. The van der Waals surface area contributed by atoms with Crippen LogP contribution in [-0.4, -0.2) is 16.1 Å². The number of thioether (sulfide) groups is 1. The maximum atomic E-state index is 11.7. The topological polar surface area (TPSA) is 72.2 Å². The number of furan rings is 1. The maximum absolute atomic E-state index is 11.7. The SMILES string of the molecule is O=C1NC(=O)C(=Cc2ccc3oc(Cc4ccc5ccccc5n4)cc3c2)S1. The Morgan fingerprint density at radius 2 is 1.89 bits per heavy atom. The molecule has 1 aliphatic rings. The van der Waals surface area contributed by atoms with Crippen molar-refractivity contribution in [2.24, 2.45) is 0 Å². The minimum Gasteiger partial charge on any atom is -0.461 e. The highest BCUT2D eigenvalue weighted by molar-refractivity contribution is 8.18. The summed E-state index contributed by atoms with van der Waals surface area (Å²) in [5.74, 6) is 0.469. The average Bonchev–Trinajstić information content (AvgIpc) is 3.23. The highest BCUT2D eigenvalue weighted by atomic mass is 32.2. The van der Waals surface area contributed by atoms with E-state index in [0.29, 0.717) is 11.3 Å². The summed E-state index contributed by atoms with van der Waals surface area (Å²) >= 11 is 0.912. The second kappa shape index (κ2) is 6.65. The average molecular weight is 386 g/mol. The summed E-state index contributed by atoms with van der Waals surface area (Å²) in [6, 6.07) is 19.8. The molecule has 4 aromatic rings. The predicted octanol–water partition coefficient (Wildman–Crippen LogP) is 4.90. The number of hydrogen-bond acceptors (Lipinski definition) is 5.